The second-order valence-corrected chi connectivity index (χ2v) is 7.11. The maximum absolute atomic E-state index is 12.0. The number of carbonyl (C=O) groups excluding carboxylic acids is 1. The molecule has 1 N–H and O–H groups in total. The number of carbonyl (C=O) groups is 1. The number of methoxy groups -OCH3 is 1. The molecule has 0 radical (unpaired) electrons. The van der Waals surface area contributed by atoms with Gasteiger partial charge in [0.15, 0.2) is 5.82 Å². The number of likely N-dealkylation sites (tertiary alicyclic amines) is 1. The normalized spacial score (nSPS) is 18.5. The van der Waals surface area contributed by atoms with Gasteiger partial charge in [0.1, 0.15) is 0 Å². The van der Waals surface area contributed by atoms with Crippen molar-refractivity contribution in [2.24, 2.45) is 5.92 Å². The molecule has 0 aliphatic carbocycles. The molecule has 0 unspecified atom stereocenters. The van der Waals surface area contributed by atoms with Crippen LogP contribution in [0.4, 0.5) is 4.79 Å². The van der Waals surface area contributed by atoms with Gasteiger partial charge in [-0.15, -0.1) is 0 Å². The summed E-state index contributed by atoms with van der Waals surface area (Å²) in [6.45, 7) is 5.52. The van der Waals surface area contributed by atoms with Crippen LogP contribution in [0.15, 0.2) is 4.52 Å². The lowest BCUT2D eigenvalue weighted by Crippen LogP contribution is -2.52. The van der Waals surface area contributed by atoms with Crippen LogP contribution < -0.4 is 5.32 Å². The zero-order chi connectivity index (χ0) is 18.9. The Morgan fingerprint density at radius 2 is 2.11 bits per heavy atom. The van der Waals surface area contributed by atoms with Crippen LogP contribution in [0.2, 0.25) is 0 Å². The lowest BCUT2D eigenvalue weighted by atomic mass is 10.0. The Kier molecular flexibility index (Phi) is 7.85. The van der Waals surface area contributed by atoms with Gasteiger partial charge in [0.2, 0.25) is 5.89 Å². The first-order valence-corrected chi connectivity index (χ1v) is 9.76. The van der Waals surface area contributed by atoms with Crippen LogP contribution in [0, 0.1) is 5.92 Å². The molecule has 1 aromatic heterocycles. The summed E-state index contributed by atoms with van der Waals surface area (Å²) in [7, 11) is 1.65. The molecule has 0 saturated carbocycles. The molecule has 152 valence electrons. The summed E-state index contributed by atoms with van der Waals surface area (Å²) in [5.74, 6) is 2.00. The third-order valence-electron chi connectivity index (χ3n) is 4.97. The van der Waals surface area contributed by atoms with E-state index in [9.17, 15) is 4.79 Å². The fourth-order valence-corrected chi connectivity index (χ4v) is 3.19. The number of urea groups is 1. The molecule has 2 fully saturated rings. The third kappa shape index (κ3) is 6.15. The Morgan fingerprint density at radius 1 is 1.30 bits per heavy atom. The van der Waals surface area contributed by atoms with Gasteiger partial charge in [-0.05, 0) is 25.2 Å². The van der Waals surface area contributed by atoms with Gasteiger partial charge in [-0.3, -0.25) is 0 Å². The molecule has 0 spiro atoms. The molecule has 27 heavy (non-hydrogen) atoms. The Balaban J connectivity index is 1.29. The van der Waals surface area contributed by atoms with Crippen LogP contribution in [0.3, 0.4) is 0 Å². The zero-order valence-electron chi connectivity index (χ0n) is 16.0. The van der Waals surface area contributed by atoms with E-state index >= 15 is 0 Å². The smallest absolute Gasteiger partial charge is 0.317 e. The molecular weight excluding hydrogens is 352 g/mol. The van der Waals surface area contributed by atoms with Crippen LogP contribution in [-0.4, -0.2) is 80.9 Å². The summed E-state index contributed by atoms with van der Waals surface area (Å²) in [6, 6.07) is -0.0522. The quantitative estimate of drug-likeness (QED) is 0.607. The van der Waals surface area contributed by atoms with Crippen molar-refractivity contribution in [1.82, 2.24) is 20.4 Å². The van der Waals surface area contributed by atoms with E-state index in [0.717, 1.165) is 39.1 Å². The molecule has 2 amide bonds. The highest BCUT2D eigenvalue weighted by Gasteiger charge is 2.35. The van der Waals surface area contributed by atoms with Gasteiger partial charge in [0.05, 0.1) is 12.5 Å². The second-order valence-electron chi connectivity index (χ2n) is 7.11. The molecule has 1 aromatic rings. The largest absolute Gasteiger partial charge is 0.385 e. The summed E-state index contributed by atoms with van der Waals surface area (Å²) in [5, 5.41) is 6.90. The van der Waals surface area contributed by atoms with Crippen molar-refractivity contribution in [1.29, 1.82) is 0 Å². The highest BCUT2D eigenvalue weighted by Crippen LogP contribution is 2.25. The van der Waals surface area contributed by atoms with Gasteiger partial charge in [0, 0.05) is 59.6 Å². The minimum Gasteiger partial charge on any atom is -0.385 e. The lowest BCUT2D eigenvalue weighted by Gasteiger charge is -2.36. The first kappa shape index (κ1) is 20.0. The molecular formula is C18H30N4O5. The van der Waals surface area contributed by atoms with Crippen molar-refractivity contribution in [2.75, 3.05) is 59.8 Å². The van der Waals surface area contributed by atoms with E-state index in [0.29, 0.717) is 56.9 Å². The number of hydrogen-bond donors (Lipinski definition) is 1. The van der Waals surface area contributed by atoms with Crippen LogP contribution in [0.25, 0.3) is 0 Å². The van der Waals surface area contributed by atoms with Gasteiger partial charge in [-0.1, -0.05) is 5.16 Å². The molecule has 0 aromatic carbocycles. The summed E-state index contributed by atoms with van der Waals surface area (Å²) in [5.41, 5.74) is 0. The highest BCUT2D eigenvalue weighted by molar-refractivity contribution is 5.75. The van der Waals surface area contributed by atoms with E-state index < -0.39 is 0 Å². The predicted molar refractivity (Wildman–Crippen MR) is 96.6 cm³/mol. The molecule has 9 heteroatoms. The fraction of sp³-hybridized carbons (Fsp3) is 0.833. The molecule has 0 bridgehead atoms. The van der Waals surface area contributed by atoms with Gasteiger partial charge < -0.3 is 29.0 Å². The topological polar surface area (TPSA) is 99.0 Å². The molecule has 2 aliphatic rings. The van der Waals surface area contributed by atoms with E-state index in [4.69, 9.17) is 18.7 Å². The molecule has 2 aliphatic heterocycles. The number of nitrogens with zero attached hydrogens (tertiary/aromatic N) is 3. The first-order chi connectivity index (χ1) is 13.3. The van der Waals surface area contributed by atoms with Crippen LogP contribution >= 0.6 is 0 Å². The highest BCUT2D eigenvalue weighted by atomic mass is 16.5. The average Bonchev–Trinajstić information content (AvgIpc) is 3.10. The number of hydrogen-bond acceptors (Lipinski definition) is 7. The Bertz CT molecular complexity index is 570. The lowest BCUT2D eigenvalue weighted by molar-refractivity contribution is 0.0211. The van der Waals surface area contributed by atoms with E-state index in [1.807, 2.05) is 0 Å². The van der Waals surface area contributed by atoms with Crippen LogP contribution in [-0.2, 0) is 20.6 Å². The van der Waals surface area contributed by atoms with E-state index in [2.05, 4.69) is 15.5 Å². The minimum atomic E-state index is -0.0522. The molecule has 9 nitrogen and oxygen atoms in total. The SMILES string of the molecule is COCCCNC(=O)N1CC(c2nc(CCOCC3CCOCC3)no2)C1. The monoisotopic (exact) mass is 382 g/mol. The van der Waals surface area contributed by atoms with Gasteiger partial charge in [-0.25, -0.2) is 4.79 Å². The van der Waals surface area contributed by atoms with Gasteiger partial charge >= 0.3 is 6.03 Å². The van der Waals surface area contributed by atoms with Gasteiger partial charge in [0.25, 0.3) is 0 Å². The Morgan fingerprint density at radius 3 is 2.89 bits per heavy atom. The van der Waals surface area contributed by atoms with E-state index in [1.165, 1.54) is 0 Å². The summed E-state index contributed by atoms with van der Waals surface area (Å²) >= 11 is 0. The zero-order valence-corrected chi connectivity index (χ0v) is 16.0. The summed E-state index contributed by atoms with van der Waals surface area (Å²) in [6.07, 6.45) is 3.60. The maximum atomic E-state index is 12.0. The standard InChI is InChI=1S/C18H30N4O5/c1-24-7-2-6-19-18(23)22-11-15(12-22)17-20-16(21-27-17)5-10-26-13-14-3-8-25-9-4-14/h14-15H,2-13H2,1H3,(H,19,23). The van der Waals surface area contributed by atoms with Crippen LogP contribution in [0.5, 0.6) is 0 Å². The van der Waals surface area contributed by atoms with Crippen molar-refractivity contribution < 1.29 is 23.5 Å². The first-order valence-electron chi connectivity index (χ1n) is 9.76. The van der Waals surface area contributed by atoms with Crippen molar-refractivity contribution in [3.05, 3.63) is 11.7 Å². The Hall–Kier alpha value is -1.71. The Labute approximate surface area is 159 Å². The predicted octanol–water partition coefficient (Wildman–Crippen LogP) is 1.20. The number of amides is 2. The maximum Gasteiger partial charge on any atom is 0.317 e. The van der Waals surface area contributed by atoms with Crippen molar-refractivity contribution in [3.8, 4) is 0 Å². The number of ether oxygens (including phenoxy) is 3. The average molecular weight is 382 g/mol. The van der Waals surface area contributed by atoms with E-state index in [-0.39, 0.29) is 11.9 Å². The molecule has 3 rings (SSSR count). The van der Waals surface area contributed by atoms with E-state index in [1.54, 1.807) is 12.0 Å². The van der Waals surface area contributed by atoms with Crippen LogP contribution in [0.1, 0.15) is 36.9 Å². The summed E-state index contributed by atoms with van der Waals surface area (Å²) < 4.78 is 21.4. The number of rotatable bonds is 10. The number of nitrogens with one attached hydrogen (secondary N) is 1. The fourth-order valence-electron chi connectivity index (χ4n) is 3.19. The van der Waals surface area contributed by atoms with Crippen molar-refractivity contribution in [2.45, 2.75) is 31.6 Å². The number of aromatic nitrogens is 2. The summed E-state index contributed by atoms with van der Waals surface area (Å²) in [4.78, 5) is 18.2. The van der Waals surface area contributed by atoms with Gasteiger partial charge in [-0.2, -0.15) is 4.98 Å². The van der Waals surface area contributed by atoms with Crippen molar-refractivity contribution >= 4 is 6.03 Å². The minimum absolute atomic E-state index is 0.0522. The molecule has 3 heterocycles. The molecule has 2 saturated heterocycles. The second kappa shape index (κ2) is 10.6. The molecule has 0 atom stereocenters. The third-order valence-corrected chi connectivity index (χ3v) is 4.97. The van der Waals surface area contributed by atoms with Crippen molar-refractivity contribution in [3.63, 3.8) is 0 Å².